The molecule has 0 saturated carbocycles. The van der Waals surface area contributed by atoms with Crippen molar-refractivity contribution in [2.45, 2.75) is 13.8 Å². The number of fused-ring (bicyclic) bond motifs is 1. The van der Waals surface area contributed by atoms with Crippen molar-refractivity contribution >= 4 is 44.4 Å². The van der Waals surface area contributed by atoms with Crippen LogP contribution in [-0.2, 0) is 0 Å². The summed E-state index contributed by atoms with van der Waals surface area (Å²) in [5.41, 5.74) is 11.0. The maximum atomic E-state index is 5.87. The second-order valence-corrected chi connectivity index (χ2v) is 7.02. The molecule has 130 valence electrons. The smallest absolute Gasteiger partial charge is 0.214 e. The van der Waals surface area contributed by atoms with Gasteiger partial charge >= 0.3 is 0 Å². The highest BCUT2D eigenvalue weighted by atomic mass is 79.9. The number of halogens is 1. The van der Waals surface area contributed by atoms with Gasteiger partial charge in [0.15, 0.2) is 0 Å². The van der Waals surface area contributed by atoms with Gasteiger partial charge in [-0.05, 0) is 49.2 Å². The number of aryl methyl sites for hydroxylation is 2. The number of hydrogen-bond acceptors (Lipinski definition) is 5. The molecule has 0 atom stereocenters. The highest BCUT2D eigenvalue weighted by molar-refractivity contribution is 9.10. The van der Waals surface area contributed by atoms with Crippen LogP contribution in [0, 0.1) is 13.8 Å². The standard InChI is InChI=1S/C19H17BrN6/c1-11-7-13(20)8-12(2)18(11)25-19-24-14-5-3-4-6-15(14)26(19)17-9-16(21)22-10-23-17/h3-10H,1-2H3,(H,24,25)(H2,21,22,23). The van der Waals surface area contributed by atoms with Crippen LogP contribution in [0.1, 0.15) is 11.1 Å². The van der Waals surface area contributed by atoms with Crippen molar-refractivity contribution in [3.05, 3.63) is 64.4 Å². The minimum Gasteiger partial charge on any atom is -0.384 e. The summed E-state index contributed by atoms with van der Waals surface area (Å²) in [6.45, 7) is 4.13. The lowest BCUT2D eigenvalue weighted by molar-refractivity contribution is 1.00. The van der Waals surface area contributed by atoms with E-state index < -0.39 is 0 Å². The van der Waals surface area contributed by atoms with E-state index in [4.69, 9.17) is 10.7 Å². The van der Waals surface area contributed by atoms with Gasteiger partial charge in [0.05, 0.1) is 11.0 Å². The predicted octanol–water partition coefficient (Wildman–Crippen LogP) is 4.52. The first kappa shape index (κ1) is 16.5. The van der Waals surface area contributed by atoms with Crippen molar-refractivity contribution in [2.24, 2.45) is 0 Å². The van der Waals surface area contributed by atoms with Gasteiger partial charge in [0, 0.05) is 16.2 Å². The first-order valence-corrected chi connectivity index (χ1v) is 8.91. The van der Waals surface area contributed by atoms with E-state index >= 15 is 0 Å². The summed E-state index contributed by atoms with van der Waals surface area (Å²) in [6, 6.07) is 13.8. The lowest BCUT2D eigenvalue weighted by Crippen LogP contribution is -2.06. The van der Waals surface area contributed by atoms with Crippen molar-refractivity contribution in [1.29, 1.82) is 0 Å². The molecule has 2 aromatic heterocycles. The molecule has 0 amide bonds. The molecule has 0 radical (unpaired) electrons. The third-order valence-electron chi connectivity index (χ3n) is 4.20. The SMILES string of the molecule is Cc1cc(Br)cc(C)c1Nc1nc2ccccc2n1-c1cc(N)ncn1. The van der Waals surface area contributed by atoms with Gasteiger partial charge in [-0.25, -0.2) is 15.0 Å². The van der Waals surface area contributed by atoms with Crippen LogP contribution in [0.3, 0.4) is 0 Å². The molecule has 0 aliphatic heterocycles. The van der Waals surface area contributed by atoms with E-state index in [1.54, 1.807) is 6.07 Å². The largest absolute Gasteiger partial charge is 0.384 e. The Morgan fingerprint density at radius 1 is 1.04 bits per heavy atom. The molecule has 4 rings (SSSR count). The van der Waals surface area contributed by atoms with Gasteiger partial charge in [0.2, 0.25) is 5.95 Å². The molecular formula is C19H17BrN6. The number of para-hydroxylation sites is 2. The van der Waals surface area contributed by atoms with Crippen molar-refractivity contribution in [1.82, 2.24) is 19.5 Å². The summed E-state index contributed by atoms with van der Waals surface area (Å²) in [5.74, 6) is 1.76. The Bertz CT molecular complexity index is 1100. The topological polar surface area (TPSA) is 81.7 Å². The van der Waals surface area contributed by atoms with Crippen LogP contribution in [0.2, 0.25) is 0 Å². The summed E-state index contributed by atoms with van der Waals surface area (Å²) in [6.07, 6.45) is 1.46. The molecule has 4 aromatic rings. The van der Waals surface area contributed by atoms with Gasteiger partial charge in [-0.3, -0.25) is 4.57 Å². The van der Waals surface area contributed by atoms with Crippen molar-refractivity contribution in [3.63, 3.8) is 0 Å². The fraction of sp³-hybridized carbons (Fsp3) is 0.105. The number of rotatable bonds is 3. The van der Waals surface area contributed by atoms with Crippen molar-refractivity contribution in [2.75, 3.05) is 11.1 Å². The lowest BCUT2D eigenvalue weighted by atomic mass is 10.1. The zero-order valence-corrected chi connectivity index (χ0v) is 15.9. The highest BCUT2D eigenvalue weighted by Crippen LogP contribution is 2.31. The number of nitrogens with zero attached hydrogens (tertiary/aromatic N) is 4. The van der Waals surface area contributed by atoms with E-state index in [1.165, 1.54) is 6.33 Å². The van der Waals surface area contributed by atoms with E-state index in [9.17, 15) is 0 Å². The molecule has 0 bridgehead atoms. The summed E-state index contributed by atoms with van der Waals surface area (Å²) in [7, 11) is 0. The highest BCUT2D eigenvalue weighted by Gasteiger charge is 2.15. The molecule has 3 N–H and O–H groups in total. The second kappa shape index (κ2) is 6.42. The fourth-order valence-corrected chi connectivity index (χ4v) is 3.73. The first-order chi connectivity index (χ1) is 12.5. The predicted molar refractivity (Wildman–Crippen MR) is 108 cm³/mol. The van der Waals surface area contributed by atoms with Gasteiger partial charge in [-0.1, -0.05) is 28.1 Å². The van der Waals surface area contributed by atoms with Crippen LogP contribution in [-0.4, -0.2) is 19.5 Å². The van der Waals surface area contributed by atoms with E-state index in [2.05, 4.69) is 57.2 Å². The lowest BCUT2D eigenvalue weighted by Gasteiger charge is -2.14. The molecule has 2 heterocycles. The number of hydrogen-bond donors (Lipinski definition) is 2. The number of nitrogens with one attached hydrogen (secondary N) is 1. The van der Waals surface area contributed by atoms with Crippen LogP contribution in [0.5, 0.6) is 0 Å². The van der Waals surface area contributed by atoms with E-state index in [-0.39, 0.29) is 0 Å². The number of nitrogens with two attached hydrogens (primary N) is 1. The summed E-state index contributed by atoms with van der Waals surface area (Å²) in [5, 5.41) is 3.47. The molecule has 6 nitrogen and oxygen atoms in total. The second-order valence-electron chi connectivity index (χ2n) is 6.10. The Balaban J connectivity index is 1.92. The van der Waals surface area contributed by atoms with Gasteiger partial charge in [-0.15, -0.1) is 0 Å². The van der Waals surface area contributed by atoms with Gasteiger partial charge in [-0.2, -0.15) is 0 Å². The van der Waals surface area contributed by atoms with Crippen LogP contribution >= 0.6 is 15.9 Å². The molecule has 0 aliphatic carbocycles. The maximum Gasteiger partial charge on any atom is 0.214 e. The Morgan fingerprint density at radius 3 is 2.50 bits per heavy atom. The monoisotopic (exact) mass is 408 g/mol. The normalized spacial score (nSPS) is 11.0. The Hall–Kier alpha value is -2.93. The molecular weight excluding hydrogens is 392 g/mol. The van der Waals surface area contributed by atoms with Gasteiger partial charge in [0.1, 0.15) is 18.0 Å². The molecule has 2 aromatic carbocycles. The number of benzene rings is 2. The zero-order chi connectivity index (χ0) is 18.3. The quantitative estimate of drug-likeness (QED) is 0.520. The summed E-state index contributed by atoms with van der Waals surface area (Å²) >= 11 is 3.54. The maximum absolute atomic E-state index is 5.87. The zero-order valence-electron chi connectivity index (χ0n) is 14.4. The van der Waals surface area contributed by atoms with Crippen LogP contribution in [0.15, 0.2) is 53.3 Å². The van der Waals surface area contributed by atoms with Crippen LogP contribution in [0.25, 0.3) is 16.9 Å². The molecule has 0 aliphatic rings. The number of aromatic nitrogens is 4. The van der Waals surface area contributed by atoms with Crippen molar-refractivity contribution < 1.29 is 0 Å². The third-order valence-corrected chi connectivity index (χ3v) is 4.66. The van der Waals surface area contributed by atoms with E-state index in [0.29, 0.717) is 17.6 Å². The third kappa shape index (κ3) is 2.90. The molecule has 0 unspecified atom stereocenters. The van der Waals surface area contributed by atoms with Gasteiger partial charge < -0.3 is 11.1 Å². The minimum atomic E-state index is 0.412. The van der Waals surface area contributed by atoms with Crippen molar-refractivity contribution in [3.8, 4) is 5.82 Å². The molecule has 0 spiro atoms. The molecule has 0 saturated heterocycles. The van der Waals surface area contributed by atoms with E-state index in [0.717, 1.165) is 32.3 Å². The molecule has 7 heteroatoms. The first-order valence-electron chi connectivity index (χ1n) is 8.12. The Kier molecular flexibility index (Phi) is 4.08. The average molecular weight is 409 g/mol. The fourth-order valence-electron chi connectivity index (χ4n) is 3.05. The average Bonchev–Trinajstić information content (AvgIpc) is 2.96. The van der Waals surface area contributed by atoms with Crippen LogP contribution < -0.4 is 11.1 Å². The van der Waals surface area contributed by atoms with Gasteiger partial charge in [0.25, 0.3) is 0 Å². The van der Waals surface area contributed by atoms with E-state index in [1.807, 2.05) is 28.8 Å². The molecule has 0 fully saturated rings. The number of imidazole rings is 1. The number of anilines is 3. The number of nitrogen functional groups attached to an aromatic ring is 1. The summed E-state index contributed by atoms with van der Waals surface area (Å²) in [4.78, 5) is 13.1. The Morgan fingerprint density at radius 2 is 1.77 bits per heavy atom. The summed E-state index contributed by atoms with van der Waals surface area (Å²) < 4.78 is 3.00. The molecule has 26 heavy (non-hydrogen) atoms. The van der Waals surface area contributed by atoms with Crippen LogP contribution in [0.4, 0.5) is 17.5 Å². The minimum absolute atomic E-state index is 0.412. The Labute approximate surface area is 159 Å².